The van der Waals surface area contributed by atoms with Crippen molar-refractivity contribution < 1.29 is 17.2 Å². The molecule has 2 aromatic rings. The largest absolute Gasteiger partial charge is 0.468 e. The van der Waals surface area contributed by atoms with E-state index in [9.17, 15) is 12.8 Å². The molecule has 1 aliphatic rings. The second-order valence-electron chi connectivity index (χ2n) is 5.58. The Kier molecular flexibility index (Phi) is 4.79. The maximum Gasteiger partial charge on any atom is 0.240 e. The Labute approximate surface area is 135 Å². The second-order valence-corrected chi connectivity index (χ2v) is 7.35. The number of benzene rings is 1. The molecule has 0 bridgehead atoms. The molecule has 0 unspecified atom stereocenters. The summed E-state index contributed by atoms with van der Waals surface area (Å²) < 4.78 is 45.7. The van der Waals surface area contributed by atoms with Gasteiger partial charge >= 0.3 is 0 Å². The molecule has 0 spiro atoms. The zero-order valence-electron chi connectivity index (χ0n) is 12.6. The highest BCUT2D eigenvalue weighted by Gasteiger charge is 2.27. The molecule has 5 nitrogen and oxygen atoms in total. The van der Waals surface area contributed by atoms with Crippen LogP contribution < -0.4 is 4.72 Å². The van der Waals surface area contributed by atoms with Crippen molar-refractivity contribution in [2.45, 2.75) is 23.8 Å². The first kappa shape index (κ1) is 16.2. The number of halogens is 1. The van der Waals surface area contributed by atoms with Gasteiger partial charge in [-0.15, -0.1) is 0 Å². The lowest BCUT2D eigenvalue weighted by Gasteiger charge is -2.25. The lowest BCUT2D eigenvalue weighted by molar-refractivity contribution is 0.216. The Morgan fingerprint density at radius 3 is 2.48 bits per heavy atom. The number of hydrogen-bond donors (Lipinski definition) is 1. The molecule has 0 saturated carbocycles. The van der Waals surface area contributed by atoms with Crippen LogP contribution in [0.25, 0.3) is 0 Å². The topological polar surface area (TPSA) is 62.6 Å². The van der Waals surface area contributed by atoms with Crippen LogP contribution in [0.15, 0.2) is 52.0 Å². The molecule has 1 atom stereocenters. The Bertz CT molecular complexity index is 723. The van der Waals surface area contributed by atoms with E-state index in [0.717, 1.165) is 43.8 Å². The SMILES string of the molecule is O=S(=O)(NC[C@@H](c1ccco1)N1CCCC1)c1ccc(F)cc1. The molecular formula is C16H19FN2O3S. The van der Waals surface area contributed by atoms with E-state index < -0.39 is 15.8 Å². The minimum absolute atomic E-state index is 0.0542. The van der Waals surface area contributed by atoms with Crippen molar-refractivity contribution in [2.75, 3.05) is 19.6 Å². The van der Waals surface area contributed by atoms with Gasteiger partial charge in [-0.1, -0.05) is 0 Å². The van der Waals surface area contributed by atoms with Gasteiger partial charge in [-0.05, 0) is 62.3 Å². The molecule has 1 N–H and O–H groups in total. The minimum atomic E-state index is -3.68. The molecule has 0 aliphatic carbocycles. The fraction of sp³-hybridized carbons (Fsp3) is 0.375. The van der Waals surface area contributed by atoms with Crippen molar-refractivity contribution in [2.24, 2.45) is 0 Å². The van der Waals surface area contributed by atoms with Gasteiger partial charge in [0.25, 0.3) is 0 Å². The van der Waals surface area contributed by atoms with Crippen LogP contribution in [-0.2, 0) is 10.0 Å². The average molecular weight is 338 g/mol. The number of hydrogen-bond acceptors (Lipinski definition) is 4. The molecule has 1 fully saturated rings. The van der Waals surface area contributed by atoms with Crippen molar-refractivity contribution >= 4 is 10.0 Å². The normalized spacial score (nSPS) is 17.4. The van der Waals surface area contributed by atoms with Gasteiger partial charge in [0.1, 0.15) is 11.6 Å². The van der Waals surface area contributed by atoms with Crippen LogP contribution in [0.3, 0.4) is 0 Å². The number of furan rings is 1. The van der Waals surface area contributed by atoms with E-state index in [2.05, 4.69) is 9.62 Å². The van der Waals surface area contributed by atoms with E-state index in [1.54, 1.807) is 12.3 Å². The predicted molar refractivity (Wildman–Crippen MR) is 83.8 cm³/mol. The summed E-state index contributed by atoms with van der Waals surface area (Å²) in [6.45, 7) is 2.06. The number of nitrogens with one attached hydrogen (secondary N) is 1. The number of likely N-dealkylation sites (tertiary alicyclic amines) is 1. The van der Waals surface area contributed by atoms with Gasteiger partial charge < -0.3 is 4.42 Å². The number of nitrogens with zero attached hydrogens (tertiary/aromatic N) is 1. The molecule has 1 saturated heterocycles. The van der Waals surface area contributed by atoms with Crippen LogP contribution in [0.5, 0.6) is 0 Å². The first-order valence-electron chi connectivity index (χ1n) is 7.59. The van der Waals surface area contributed by atoms with E-state index in [0.29, 0.717) is 0 Å². The van der Waals surface area contributed by atoms with Crippen LogP contribution in [0, 0.1) is 5.82 Å². The highest BCUT2D eigenvalue weighted by molar-refractivity contribution is 7.89. The molecule has 1 aromatic carbocycles. The summed E-state index contributed by atoms with van der Waals surface area (Å²) in [5.74, 6) is 0.281. The van der Waals surface area contributed by atoms with Crippen molar-refractivity contribution in [1.82, 2.24) is 9.62 Å². The third-order valence-corrected chi connectivity index (χ3v) is 5.48. The fourth-order valence-corrected chi connectivity index (χ4v) is 3.87. The highest BCUT2D eigenvalue weighted by Crippen LogP contribution is 2.25. The summed E-state index contributed by atoms with van der Waals surface area (Å²) in [6, 6.07) is 8.31. The van der Waals surface area contributed by atoms with E-state index in [1.165, 1.54) is 12.1 Å². The first-order valence-corrected chi connectivity index (χ1v) is 9.07. The fourth-order valence-electron chi connectivity index (χ4n) is 2.83. The van der Waals surface area contributed by atoms with Crippen LogP contribution in [0.2, 0.25) is 0 Å². The molecule has 23 heavy (non-hydrogen) atoms. The van der Waals surface area contributed by atoms with Gasteiger partial charge in [0.05, 0.1) is 17.2 Å². The maximum absolute atomic E-state index is 12.9. The first-order chi connectivity index (χ1) is 11.1. The van der Waals surface area contributed by atoms with Gasteiger partial charge in [-0.2, -0.15) is 0 Å². The molecular weight excluding hydrogens is 319 g/mol. The molecule has 1 aliphatic heterocycles. The van der Waals surface area contributed by atoms with Crippen molar-refractivity contribution in [3.63, 3.8) is 0 Å². The van der Waals surface area contributed by atoms with Gasteiger partial charge in [-0.3, -0.25) is 4.90 Å². The lowest BCUT2D eigenvalue weighted by Crippen LogP contribution is -2.36. The third-order valence-electron chi connectivity index (χ3n) is 4.04. The summed E-state index contributed by atoms with van der Waals surface area (Å²) in [4.78, 5) is 2.27. The Morgan fingerprint density at radius 1 is 1.17 bits per heavy atom. The lowest BCUT2D eigenvalue weighted by atomic mass is 10.2. The molecule has 2 heterocycles. The van der Waals surface area contributed by atoms with Crippen molar-refractivity contribution in [3.05, 3.63) is 54.2 Å². The monoisotopic (exact) mass is 338 g/mol. The van der Waals surface area contributed by atoms with Crippen LogP contribution in [0.1, 0.15) is 24.6 Å². The van der Waals surface area contributed by atoms with Crippen LogP contribution in [0.4, 0.5) is 4.39 Å². The molecule has 3 rings (SSSR count). The quantitative estimate of drug-likeness (QED) is 0.879. The van der Waals surface area contributed by atoms with E-state index in [4.69, 9.17) is 4.42 Å². The highest BCUT2D eigenvalue weighted by atomic mass is 32.2. The Balaban J connectivity index is 1.74. The smallest absolute Gasteiger partial charge is 0.240 e. The molecule has 1 aromatic heterocycles. The van der Waals surface area contributed by atoms with Crippen molar-refractivity contribution in [3.8, 4) is 0 Å². The van der Waals surface area contributed by atoms with Gasteiger partial charge in [0.2, 0.25) is 10.0 Å². The predicted octanol–water partition coefficient (Wildman–Crippen LogP) is 2.53. The van der Waals surface area contributed by atoms with Gasteiger partial charge in [0, 0.05) is 6.54 Å². The number of sulfonamides is 1. The minimum Gasteiger partial charge on any atom is -0.468 e. The van der Waals surface area contributed by atoms with E-state index >= 15 is 0 Å². The van der Waals surface area contributed by atoms with Crippen LogP contribution in [-0.4, -0.2) is 33.0 Å². The van der Waals surface area contributed by atoms with Crippen LogP contribution >= 0.6 is 0 Å². The summed E-state index contributed by atoms with van der Waals surface area (Å²) >= 11 is 0. The van der Waals surface area contributed by atoms with E-state index in [-0.39, 0.29) is 17.5 Å². The summed E-state index contributed by atoms with van der Waals surface area (Å²) in [6.07, 6.45) is 3.79. The maximum atomic E-state index is 12.9. The summed E-state index contributed by atoms with van der Waals surface area (Å²) in [5.41, 5.74) is 0. The standard InChI is InChI=1S/C16H19FN2O3S/c17-13-5-7-14(8-6-13)23(20,21)18-12-15(16-4-3-11-22-16)19-9-1-2-10-19/h3-8,11,15,18H,1-2,9-10,12H2/t15-/m0/s1. The molecule has 0 amide bonds. The third kappa shape index (κ3) is 3.80. The van der Waals surface area contributed by atoms with Gasteiger partial charge in [-0.25, -0.2) is 17.5 Å². The molecule has 7 heteroatoms. The second kappa shape index (κ2) is 6.82. The zero-order valence-corrected chi connectivity index (χ0v) is 13.4. The average Bonchev–Trinajstić information content (AvgIpc) is 3.21. The summed E-state index contributed by atoms with van der Waals surface area (Å²) in [7, 11) is -3.68. The Morgan fingerprint density at radius 2 is 1.87 bits per heavy atom. The number of rotatable bonds is 6. The van der Waals surface area contributed by atoms with Gasteiger partial charge in [0.15, 0.2) is 0 Å². The Hall–Kier alpha value is -1.70. The zero-order chi connectivity index (χ0) is 16.3. The summed E-state index contributed by atoms with van der Waals surface area (Å²) in [5, 5.41) is 0. The molecule has 124 valence electrons. The van der Waals surface area contributed by atoms with Crippen molar-refractivity contribution in [1.29, 1.82) is 0 Å². The molecule has 0 radical (unpaired) electrons. The van der Waals surface area contributed by atoms with E-state index in [1.807, 2.05) is 6.07 Å².